The third-order valence-corrected chi connectivity index (χ3v) is 7.54. The van der Waals surface area contributed by atoms with Gasteiger partial charge in [0.25, 0.3) is 0 Å². The van der Waals surface area contributed by atoms with Crippen LogP contribution in [-0.2, 0) is 26.1 Å². The standard InChI is InChI=1S/C23H22FNO7S/c1-14-3-5-18-16(11-21(26)32-22(18)15(14)2)13-31-23(27)19-12-17(4-6-20(19)24)33(28,29)25-7-9-30-10-8-25/h3-6,11-12H,7-10,13H2,1-2H3. The predicted molar refractivity (Wildman–Crippen MR) is 117 cm³/mol. The van der Waals surface area contributed by atoms with Crippen LogP contribution in [0.2, 0.25) is 0 Å². The fraction of sp³-hybridized carbons (Fsp3) is 0.304. The zero-order valence-electron chi connectivity index (χ0n) is 18.1. The lowest BCUT2D eigenvalue weighted by Gasteiger charge is -2.26. The maximum Gasteiger partial charge on any atom is 0.341 e. The van der Waals surface area contributed by atoms with Crippen molar-refractivity contribution in [3.63, 3.8) is 0 Å². The first-order valence-corrected chi connectivity index (χ1v) is 11.7. The van der Waals surface area contributed by atoms with Crippen molar-refractivity contribution < 1.29 is 31.5 Å². The molecule has 0 unspecified atom stereocenters. The number of sulfonamides is 1. The number of hydrogen-bond donors (Lipinski definition) is 0. The van der Waals surface area contributed by atoms with Gasteiger partial charge < -0.3 is 13.9 Å². The van der Waals surface area contributed by atoms with Gasteiger partial charge in [0.2, 0.25) is 10.0 Å². The number of hydrogen-bond acceptors (Lipinski definition) is 7. The molecule has 0 amide bonds. The molecular formula is C23H22FNO7S. The molecular weight excluding hydrogens is 453 g/mol. The summed E-state index contributed by atoms with van der Waals surface area (Å²) in [4.78, 5) is 24.4. The number of aryl methyl sites for hydroxylation is 2. The lowest BCUT2D eigenvalue weighted by atomic mass is 10.0. The van der Waals surface area contributed by atoms with Crippen LogP contribution >= 0.6 is 0 Å². The van der Waals surface area contributed by atoms with Crippen molar-refractivity contribution in [1.29, 1.82) is 0 Å². The Balaban J connectivity index is 1.61. The summed E-state index contributed by atoms with van der Waals surface area (Å²) < 4.78 is 57.0. The van der Waals surface area contributed by atoms with Crippen molar-refractivity contribution >= 4 is 27.0 Å². The van der Waals surface area contributed by atoms with E-state index in [1.165, 1.54) is 10.4 Å². The van der Waals surface area contributed by atoms with E-state index in [-0.39, 0.29) is 37.8 Å². The smallest absolute Gasteiger partial charge is 0.341 e. The molecule has 0 aliphatic carbocycles. The summed E-state index contributed by atoms with van der Waals surface area (Å²) in [6.45, 7) is 4.22. The van der Waals surface area contributed by atoms with Gasteiger partial charge in [-0.15, -0.1) is 0 Å². The van der Waals surface area contributed by atoms with E-state index in [1.54, 1.807) is 6.07 Å². The van der Waals surface area contributed by atoms with Crippen molar-refractivity contribution in [2.24, 2.45) is 0 Å². The molecule has 2 aromatic carbocycles. The second kappa shape index (κ2) is 9.05. The highest BCUT2D eigenvalue weighted by Gasteiger charge is 2.28. The number of ether oxygens (including phenoxy) is 2. The van der Waals surface area contributed by atoms with Crippen LogP contribution in [-0.4, -0.2) is 45.0 Å². The van der Waals surface area contributed by atoms with Gasteiger partial charge in [0, 0.05) is 30.1 Å². The average Bonchev–Trinajstić information content (AvgIpc) is 2.80. The highest BCUT2D eigenvalue weighted by molar-refractivity contribution is 7.89. The molecule has 0 bridgehead atoms. The molecule has 0 saturated carbocycles. The Labute approximate surface area is 189 Å². The van der Waals surface area contributed by atoms with Gasteiger partial charge in [-0.25, -0.2) is 22.4 Å². The molecule has 0 radical (unpaired) electrons. The molecule has 1 aliphatic rings. The lowest BCUT2D eigenvalue weighted by Crippen LogP contribution is -2.40. The number of halogens is 1. The maximum absolute atomic E-state index is 14.4. The zero-order valence-corrected chi connectivity index (χ0v) is 18.9. The van der Waals surface area contributed by atoms with Gasteiger partial charge in [-0.1, -0.05) is 12.1 Å². The summed E-state index contributed by atoms with van der Waals surface area (Å²) in [5.74, 6) is -1.96. The molecule has 0 atom stereocenters. The summed E-state index contributed by atoms with van der Waals surface area (Å²) >= 11 is 0. The van der Waals surface area contributed by atoms with Crippen molar-refractivity contribution in [2.45, 2.75) is 25.3 Å². The van der Waals surface area contributed by atoms with Crippen molar-refractivity contribution in [2.75, 3.05) is 26.3 Å². The van der Waals surface area contributed by atoms with Gasteiger partial charge in [-0.05, 0) is 43.2 Å². The molecule has 1 aliphatic heterocycles. The van der Waals surface area contributed by atoms with Crippen LogP contribution in [0.15, 0.2) is 50.5 Å². The van der Waals surface area contributed by atoms with Gasteiger partial charge in [-0.2, -0.15) is 4.31 Å². The Morgan fingerprint density at radius 1 is 1.12 bits per heavy atom. The first-order valence-electron chi connectivity index (χ1n) is 10.3. The molecule has 2 heterocycles. The largest absolute Gasteiger partial charge is 0.457 e. The molecule has 33 heavy (non-hydrogen) atoms. The third kappa shape index (κ3) is 4.54. The number of nitrogens with zero attached hydrogens (tertiary/aromatic N) is 1. The molecule has 0 N–H and O–H groups in total. The quantitative estimate of drug-likeness (QED) is 0.413. The van der Waals surface area contributed by atoms with Gasteiger partial charge >= 0.3 is 11.6 Å². The SMILES string of the molecule is Cc1ccc2c(COC(=O)c3cc(S(=O)(=O)N4CCOCC4)ccc3F)cc(=O)oc2c1C. The van der Waals surface area contributed by atoms with E-state index in [0.29, 0.717) is 16.5 Å². The maximum atomic E-state index is 14.4. The Morgan fingerprint density at radius 3 is 2.58 bits per heavy atom. The Kier molecular flexibility index (Phi) is 6.33. The first-order chi connectivity index (χ1) is 15.7. The van der Waals surface area contributed by atoms with Crippen molar-refractivity contribution in [3.8, 4) is 0 Å². The minimum atomic E-state index is -3.92. The van der Waals surface area contributed by atoms with E-state index >= 15 is 0 Å². The average molecular weight is 475 g/mol. The molecule has 1 saturated heterocycles. The summed E-state index contributed by atoms with van der Waals surface area (Å²) in [6, 6.07) is 7.80. The van der Waals surface area contributed by atoms with Crippen LogP contribution in [0.3, 0.4) is 0 Å². The van der Waals surface area contributed by atoms with E-state index in [0.717, 1.165) is 29.3 Å². The molecule has 10 heteroatoms. The Morgan fingerprint density at radius 2 is 1.85 bits per heavy atom. The summed E-state index contributed by atoms with van der Waals surface area (Å²) in [5, 5.41) is 0.592. The van der Waals surface area contributed by atoms with Gasteiger partial charge in [0.1, 0.15) is 18.0 Å². The number of carbonyl (C=O) groups is 1. The summed E-state index contributed by atoms with van der Waals surface area (Å²) in [5.41, 5.74) is 1.38. The number of rotatable bonds is 5. The lowest BCUT2D eigenvalue weighted by molar-refractivity contribution is 0.0468. The van der Waals surface area contributed by atoms with Crippen LogP contribution in [0.25, 0.3) is 11.0 Å². The van der Waals surface area contributed by atoms with Gasteiger partial charge in [0.05, 0.1) is 23.7 Å². The Bertz CT molecular complexity index is 1390. The third-order valence-electron chi connectivity index (χ3n) is 5.64. The zero-order chi connectivity index (χ0) is 23.8. The molecule has 174 valence electrons. The number of benzene rings is 2. The van der Waals surface area contributed by atoms with E-state index in [1.807, 2.05) is 19.9 Å². The van der Waals surface area contributed by atoms with Crippen LogP contribution in [0, 0.1) is 19.7 Å². The summed E-state index contributed by atoms with van der Waals surface area (Å²) in [6.07, 6.45) is 0. The monoisotopic (exact) mass is 475 g/mol. The fourth-order valence-corrected chi connectivity index (χ4v) is 5.06. The molecule has 4 rings (SSSR count). The number of morpholine rings is 1. The van der Waals surface area contributed by atoms with Crippen molar-refractivity contribution in [1.82, 2.24) is 4.31 Å². The Hall–Kier alpha value is -3.08. The van der Waals surface area contributed by atoms with Gasteiger partial charge in [-0.3, -0.25) is 0 Å². The second-order valence-corrected chi connectivity index (χ2v) is 9.65. The van der Waals surface area contributed by atoms with Crippen LogP contribution in [0.5, 0.6) is 0 Å². The predicted octanol–water partition coefficient (Wildman–Crippen LogP) is 2.93. The van der Waals surface area contributed by atoms with Crippen LogP contribution in [0.4, 0.5) is 4.39 Å². The molecule has 3 aromatic rings. The number of esters is 1. The van der Waals surface area contributed by atoms with Crippen molar-refractivity contribution in [3.05, 3.63) is 74.9 Å². The summed E-state index contributed by atoms with van der Waals surface area (Å²) in [7, 11) is -3.92. The fourth-order valence-electron chi connectivity index (χ4n) is 3.62. The van der Waals surface area contributed by atoms with E-state index < -0.39 is 33.0 Å². The molecule has 1 fully saturated rings. The minimum absolute atomic E-state index is 0.169. The van der Waals surface area contributed by atoms with Crippen LogP contribution in [0.1, 0.15) is 27.0 Å². The number of fused-ring (bicyclic) bond motifs is 1. The molecule has 0 spiro atoms. The highest BCUT2D eigenvalue weighted by atomic mass is 32.2. The van der Waals surface area contributed by atoms with E-state index in [4.69, 9.17) is 13.9 Å². The van der Waals surface area contributed by atoms with E-state index in [9.17, 15) is 22.4 Å². The normalized spacial score (nSPS) is 15.0. The van der Waals surface area contributed by atoms with E-state index in [2.05, 4.69) is 0 Å². The first kappa shape index (κ1) is 23.1. The second-order valence-electron chi connectivity index (χ2n) is 7.71. The topological polar surface area (TPSA) is 103 Å². The highest BCUT2D eigenvalue weighted by Crippen LogP contribution is 2.25. The molecule has 1 aromatic heterocycles. The molecule has 8 nitrogen and oxygen atoms in total. The van der Waals surface area contributed by atoms with Gasteiger partial charge in [0.15, 0.2) is 0 Å². The van der Waals surface area contributed by atoms with Crippen LogP contribution < -0.4 is 5.63 Å². The minimum Gasteiger partial charge on any atom is -0.457 e. The number of carbonyl (C=O) groups excluding carboxylic acids is 1.